The van der Waals surface area contributed by atoms with Crippen LogP contribution in [-0.2, 0) is 0 Å². The molecule has 12 heavy (non-hydrogen) atoms. The number of alkyl halides is 1. The first-order valence-electron chi connectivity index (χ1n) is 4.67. The Bertz CT molecular complexity index is 117. The molecule has 0 N–H and O–H groups in total. The molecular weight excluding hydrogens is 190 g/mol. The van der Waals surface area contributed by atoms with Crippen molar-refractivity contribution in [3.8, 4) is 0 Å². The zero-order chi connectivity index (χ0) is 8.81. The van der Waals surface area contributed by atoms with E-state index in [4.69, 9.17) is 11.6 Å². The van der Waals surface area contributed by atoms with Crippen molar-refractivity contribution in [2.75, 3.05) is 31.0 Å². The highest BCUT2D eigenvalue weighted by Gasteiger charge is 2.23. The van der Waals surface area contributed by atoms with Gasteiger partial charge in [-0.15, -0.1) is 11.6 Å². The van der Waals surface area contributed by atoms with Gasteiger partial charge in [0, 0.05) is 30.8 Å². The van der Waals surface area contributed by atoms with Crippen molar-refractivity contribution < 1.29 is 0 Å². The van der Waals surface area contributed by atoms with Gasteiger partial charge < -0.3 is 0 Å². The third-order valence-electron chi connectivity index (χ3n) is 2.55. The fourth-order valence-electron chi connectivity index (χ4n) is 1.55. The Morgan fingerprint density at radius 2 is 2.17 bits per heavy atom. The van der Waals surface area contributed by atoms with Crippen LogP contribution in [0, 0.1) is 0 Å². The lowest BCUT2D eigenvalue weighted by Crippen LogP contribution is -2.42. The van der Waals surface area contributed by atoms with Crippen LogP contribution in [0.25, 0.3) is 0 Å². The predicted molar refractivity (Wildman–Crippen MR) is 58.3 cm³/mol. The van der Waals surface area contributed by atoms with E-state index < -0.39 is 0 Å². The van der Waals surface area contributed by atoms with Gasteiger partial charge in [-0.2, -0.15) is 11.8 Å². The van der Waals surface area contributed by atoms with Crippen LogP contribution in [0.2, 0.25) is 0 Å². The normalized spacial score (nSPS) is 18.2. The molecule has 3 heteroatoms. The highest BCUT2D eigenvalue weighted by molar-refractivity contribution is 7.98. The molecule has 0 radical (unpaired) electrons. The van der Waals surface area contributed by atoms with Crippen LogP contribution in [0.15, 0.2) is 0 Å². The average Bonchev–Trinajstić information content (AvgIpc) is 1.97. The van der Waals surface area contributed by atoms with Gasteiger partial charge in [0.25, 0.3) is 0 Å². The maximum Gasteiger partial charge on any atom is 0.0351 e. The molecule has 0 spiro atoms. The van der Waals surface area contributed by atoms with E-state index in [9.17, 15) is 0 Å². The molecule has 1 aliphatic rings. The van der Waals surface area contributed by atoms with Crippen molar-refractivity contribution in [1.82, 2.24) is 4.90 Å². The lowest BCUT2D eigenvalue weighted by molar-refractivity contribution is 0.143. The summed E-state index contributed by atoms with van der Waals surface area (Å²) in [6.45, 7) is 2.30. The largest absolute Gasteiger partial charge is 0.298 e. The Balaban J connectivity index is 2.17. The summed E-state index contributed by atoms with van der Waals surface area (Å²) in [6, 6.07) is 0.857. The molecular formula is C9H18ClNS. The van der Waals surface area contributed by atoms with Crippen LogP contribution >= 0.6 is 23.4 Å². The predicted octanol–water partition coefficient (Wildman–Crippen LogP) is 2.44. The van der Waals surface area contributed by atoms with Crippen molar-refractivity contribution in [3.05, 3.63) is 0 Å². The van der Waals surface area contributed by atoms with E-state index >= 15 is 0 Å². The first-order chi connectivity index (χ1) is 5.88. The lowest BCUT2D eigenvalue weighted by atomic mass is 9.91. The lowest BCUT2D eigenvalue weighted by Gasteiger charge is -2.37. The summed E-state index contributed by atoms with van der Waals surface area (Å²) >= 11 is 7.67. The molecule has 0 aromatic rings. The number of halogens is 1. The molecule has 0 unspecified atom stereocenters. The van der Waals surface area contributed by atoms with Crippen molar-refractivity contribution in [2.45, 2.75) is 25.3 Å². The van der Waals surface area contributed by atoms with Gasteiger partial charge >= 0.3 is 0 Å². The molecule has 1 rings (SSSR count). The van der Waals surface area contributed by atoms with E-state index in [1.165, 1.54) is 31.6 Å². The van der Waals surface area contributed by atoms with Crippen LogP contribution < -0.4 is 0 Å². The molecule has 0 aromatic carbocycles. The van der Waals surface area contributed by atoms with Gasteiger partial charge in [0.15, 0.2) is 0 Å². The van der Waals surface area contributed by atoms with Crippen LogP contribution in [0.4, 0.5) is 0 Å². The summed E-state index contributed by atoms with van der Waals surface area (Å²) in [5.74, 6) is 2.03. The topological polar surface area (TPSA) is 3.24 Å². The Hall–Kier alpha value is 0.600. The van der Waals surface area contributed by atoms with Gasteiger partial charge in [-0.05, 0) is 19.1 Å². The number of thioether (sulfide) groups is 1. The molecule has 0 saturated heterocycles. The number of rotatable bonds is 6. The number of hydrogen-bond donors (Lipinski definition) is 0. The second-order valence-corrected chi connectivity index (χ2v) is 4.67. The molecule has 0 bridgehead atoms. The van der Waals surface area contributed by atoms with E-state index in [2.05, 4.69) is 11.2 Å². The van der Waals surface area contributed by atoms with E-state index in [-0.39, 0.29) is 0 Å². The second-order valence-electron chi connectivity index (χ2n) is 3.30. The zero-order valence-corrected chi connectivity index (χ0v) is 9.33. The third kappa shape index (κ3) is 3.15. The molecule has 1 aliphatic carbocycles. The minimum atomic E-state index is 0.783. The summed E-state index contributed by atoms with van der Waals surface area (Å²) in [5.41, 5.74) is 0. The Labute approximate surface area is 84.8 Å². The number of nitrogens with zero attached hydrogens (tertiary/aromatic N) is 1. The van der Waals surface area contributed by atoms with E-state index in [1.54, 1.807) is 0 Å². The van der Waals surface area contributed by atoms with Crippen LogP contribution in [0.1, 0.15) is 19.3 Å². The molecule has 1 saturated carbocycles. The quantitative estimate of drug-likeness (QED) is 0.616. The van der Waals surface area contributed by atoms with Gasteiger partial charge in [-0.1, -0.05) is 6.42 Å². The van der Waals surface area contributed by atoms with E-state index in [0.717, 1.165) is 18.5 Å². The average molecular weight is 208 g/mol. The fourth-order valence-corrected chi connectivity index (χ4v) is 2.18. The molecule has 0 heterocycles. The third-order valence-corrected chi connectivity index (χ3v) is 3.31. The van der Waals surface area contributed by atoms with Crippen LogP contribution in [0.5, 0.6) is 0 Å². The zero-order valence-electron chi connectivity index (χ0n) is 7.76. The van der Waals surface area contributed by atoms with Crippen molar-refractivity contribution in [1.29, 1.82) is 0 Å². The summed E-state index contributed by atoms with van der Waals surface area (Å²) in [4.78, 5) is 2.55. The van der Waals surface area contributed by atoms with Gasteiger partial charge in [0.2, 0.25) is 0 Å². The summed E-state index contributed by atoms with van der Waals surface area (Å²) < 4.78 is 0. The molecule has 1 nitrogen and oxygen atoms in total. The maximum absolute atomic E-state index is 5.75. The highest BCUT2D eigenvalue weighted by Crippen LogP contribution is 2.24. The van der Waals surface area contributed by atoms with Crippen molar-refractivity contribution >= 4 is 23.4 Å². The molecule has 0 amide bonds. The minimum absolute atomic E-state index is 0.783. The van der Waals surface area contributed by atoms with Gasteiger partial charge in [0.05, 0.1) is 0 Å². The highest BCUT2D eigenvalue weighted by atomic mass is 35.5. The Morgan fingerprint density at radius 3 is 2.58 bits per heavy atom. The van der Waals surface area contributed by atoms with Crippen LogP contribution in [-0.4, -0.2) is 41.9 Å². The first-order valence-corrected chi connectivity index (χ1v) is 6.60. The Kier molecular flexibility index (Phi) is 5.44. The van der Waals surface area contributed by atoms with Crippen molar-refractivity contribution in [2.24, 2.45) is 0 Å². The standard InChI is InChI=1S/C9H18ClNS/c1-12-8-7-11(6-5-10)9-3-2-4-9/h9H,2-8H2,1H3. The number of hydrogen-bond acceptors (Lipinski definition) is 2. The second kappa shape index (κ2) is 6.11. The monoisotopic (exact) mass is 207 g/mol. The molecule has 0 aromatic heterocycles. The SMILES string of the molecule is CSCCN(CCCl)C1CCC1. The van der Waals surface area contributed by atoms with E-state index in [1.807, 2.05) is 11.8 Å². The summed E-state index contributed by atoms with van der Waals surface area (Å²) in [5, 5.41) is 0. The maximum atomic E-state index is 5.75. The first kappa shape index (κ1) is 10.7. The summed E-state index contributed by atoms with van der Waals surface area (Å²) in [7, 11) is 0. The van der Waals surface area contributed by atoms with Crippen molar-refractivity contribution in [3.63, 3.8) is 0 Å². The van der Waals surface area contributed by atoms with E-state index in [0.29, 0.717) is 0 Å². The molecule has 0 atom stereocenters. The Morgan fingerprint density at radius 1 is 1.42 bits per heavy atom. The molecule has 0 aliphatic heterocycles. The van der Waals surface area contributed by atoms with Gasteiger partial charge in [-0.25, -0.2) is 0 Å². The smallest absolute Gasteiger partial charge is 0.0351 e. The summed E-state index contributed by atoms with van der Waals surface area (Å²) in [6.07, 6.45) is 6.37. The fraction of sp³-hybridized carbons (Fsp3) is 1.00. The molecule has 72 valence electrons. The minimum Gasteiger partial charge on any atom is -0.298 e. The van der Waals surface area contributed by atoms with Crippen LogP contribution in [0.3, 0.4) is 0 Å². The van der Waals surface area contributed by atoms with Gasteiger partial charge in [-0.3, -0.25) is 4.90 Å². The molecule has 1 fully saturated rings. The van der Waals surface area contributed by atoms with Gasteiger partial charge in [0.1, 0.15) is 0 Å².